The Bertz CT molecular complexity index is 1210. The second kappa shape index (κ2) is 9.44. The molecule has 2 aromatic carbocycles. The number of hydrogen-bond acceptors (Lipinski definition) is 7. The number of fused-ring (bicyclic) bond motifs is 3. The molecule has 4 rings (SSSR count). The number of aromatic nitrogens is 2. The second-order valence-electron chi connectivity index (χ2n) is 7.63. The average molecular weight is 452 g/mol. The van der Waals surface area contributed by atoms with Gasteiger partial charge in [-0.15, -0.1) is 0 Å². The molecule has 0 aliphatic carbocycles. The first-order valence-corrected chi connectivity index (χ1v) is 11.0. The lowest BCUT2D eigenvalue weighted by Crippen LogP contribution is -2.30. The number of benzene rings is 2. The number of nitrogens with one attached hydrogen (secondary N) is 1. The van der Waals surface area contributed by atoms with Crippen LogP contribution in [-0.4, -0.2) is 43.5 Å². The number of para-hydroxylation sites is 2. The first kappa shape index (κ1) is 22.5. The third-order valence-electron chi connectivity index (χ3n) is 5.74. The maximum Gasteiger partial charge on any atom is 0.338 e. The van der Waals surface area contributed by atoms with Crippen molar-refractivity contribution < 1.29 is 23.7 Å². The fraction of sp³-hybridized carbons (Fsp3) is 0.360. The molecule has 0 bridgehead atoms. The van der Waals surface area contributed by atoms with Crippen LogP contribution in [0, 0.1) is 0 Å². The van der Waals surface area contributed by atoms with Crippen LogP contribution in [-0.2, 0) is 9.53 Å². The van der Waals surface area contributed by atoms with Gasteiger partial charge in [0, 0.05) is 17.3 Å². The minimum atomic E-state index is -0.538. The molecule has 0 radical (unpaired) electrons. The summed E-state index contributed by atoms with van der Waals surface area (Å²) in [6.07, 6.45) is 1.52. The SMILES string of the molecule is CCCC1=C(C(=O)OCC)[C@@H](c2cc(OC)c(OC)cc2OC)n2c(nc3ccccc32)N1. The summed E-state index contributed by atoms with van der Waals surface area (Å²) in [7, 11) is 4.75. The van der Waals surface area contributed by atoms with Crippen LogP contribution in [0.2, 0.25) is 0 Å². The number of methoxy groups -OCH3 is 3. The molecule has 0 spiro atoms. The summed E-state index contributed by atoms with van der Waals surface area (Å²) < 4.78 is 24.4. The first-order chi connectivity index (χ1) is 16.1. The van der Waals surface area contributed by atoms with Gasteiger partial charge in [0.05, 0.1) is 50.6 Å². The van der Waals surface area contributed by atoms with Crippen LogP contribution in [0.1, 0.15) is 38.3 Å². The summed E-state index contributed by atoms with van der Waals surface area (Å²) in [5.41, 5.74) is 3.78. The van der Waals surface area contributed by atoms with Gasteiger partial charge < -0.3 is 24.3 Å². The molecule has 8 heteroatoms. The van der Waals surface area contributed by atoms with E-state index in [1.807, 2.05) is 34.9 Å². The maximum absolute atomic E-state index is 13.4. The van der Waals surface area contributed by atoms with E-state index in [-0.39, 0.29) is 12.6 Å². The van der Waals surface area contributed by atoms with E-state index in [0.717, 1.165) is 28.7 Å². The standard InChI is InChI=1S/C25H29N3O5/c1-6-10-17-22(24(29)33-7-2)23(15-13-20(31-4)21(32-5)14-19(15)30-3)28-18-12-9-8-11-16(18)26-25(28)27-17/h8-9,11-14,23H,6-7,10H2,1-5H3,(H,26,27)/t23-/m1/s1. The summed E-state index contributed by atoms with van der Waals surface area (Å²) in [5, 5.41) is 3.40. The number of anilines is 1. The van der Waals surface area contributed by atoms with Gasteiger partial charge in [0.2, 0.25) is 5.95 Å². The zero-order valence-corrected chi connectivity index (χ0v) is 19.6. The van der Waals surface area contributed by atoms with Crippen LogP contribution in [0.25, 0.3) is 11.0 Å². The van der Waals surface area contributed by atoms with Crippen LogP contribution in [0.5, 0.6) is 17.2 Å². The third-order valence-corrected chi connectivity index (χ3v) is 5.74. The molecule has 1 atom stereocenters. The van der Waals surface area contributed by atoms with Gasteiger partial charge in [0.25, 0.3) is 0 Å². The highest BCUT2D eigenvalue weighted by atomic mass is 16.5. The molecule has 0 amide bonds. The Morgan fingerprint density at radius 3 is 2.39 bits per heavy atom. The summed E-state index contributed by atoms with van der Waals surface area (Å²) >= 11 is 0. The molecule has 33 heavy (non-hydrogen) atoms. The lowest BCUT2D eigenvalue weighted by Gasteiger charge is -2.32. The van der Waals surface area contributed by atoms with Crippen molar-refractivity contribution in [3.05, 3.63) is 53.2 Å². The molecule has 1 aliphatic heterocycles. The zero-order chi connectivity index (χ0) is 23.5. The molecule has 0 saturated carbocycles. The van der Waals surface area contributed by atoms with Crippen molar-refractivity contribution in [3.63, 3.8) is 0 Å². The van der Waals surface area contributed by atoms with Crippen LogP contribution < -0.4 is 19.5 Å². The topological polar surface area (TPSA) is 83.8 Å². The van der Waals surface area contributed by atoms with E-state index in [9.17, 15) is 4.79 Å². The molecule has 1 aliphatic rings. The number of imidazole rings is 1. The fourth-order valence-corrected chi connectivity index (χ4v) is 4.34. The van der Waals surface area contributed by atoms with E-state index in [4.69, 9.17) is 23.9 Å². The zero-order valence-electron chi connectivity index (χ0n) is 19.6. The predicted octanol–water partition coefficient (Wildman–Crippen LogP) is 4.69. The Labute approximate surface area is 193 Å². The molecule has 1 aromatic heterocycles. The van der Waals surface area contributed by atoms with Gasteiger partial charge in [-0.25, -0.2) is 9.78 Å². The lowest BCUT2D eigenvalue weighted by atomic mass is 9.92. The largest absolute Gasteiger partial charge is 0.496 e. The van der Waals surface area contributed by atoms with E-state index in [1.54, 1.807) is 34.3 Å². The van der Waals surface area contributed by atoms with Crippen molar-refractivity contribution in [2.45, 2.75) is 32.7 Å². The number of ether oxygens (including phenoxy) is 4. The van der Waals surface area contributed by atoms with Crippen LogP contribution in [0.4, 0.5) is 5.95 Å². The van der Waals surface area contributed by atoms with Crippen LogP contribution in [0.15, 0.2) is 47.7 Å². The molecule has 0 fully saturated rings. The average Bonchev–Trinajstić information content (AvgIpc) is 3.20. The van der Waals surface area contributed by atoms with Gasteiger partial charge in [0.15, 0.2) is 11.5 Å². The van der Waals surface area contributed by atoms with Gasteiger partial charge in [-0.3, -0.25) is 4.57 Å². The minimum absolute atomic E-state index is 0.273. The van der Waals surface area contributed by atoms with E-state index in [0.29, 0.717) is 35.2 Å². The highest BCUT2D eigenvalue weighted by Crippen LogP contribution is 2.46. The molecule has 8 nitrogen and oxygen atoms in total. The highest BCUT2D eigenvalue weighted by molar-refractivity contribution is 5.94. The number of hydrogen-bond donors (Lipinski definition) is 1. The van der Waals surface area contributed by atoms with Crippen molar-refractivity contribution in [2.75, 3.05) is 33.3 Å². The summed E-state index contributed by atoms with van der Waals surface area (Å²) in [5.74, 6) is 1.94. The fourth-order valence-electron chi connectivity index (χ4n) is 4.34. The maximum atomic E-state index is 13.4. The normalized spacial score (nSPS) is 15.1. The highest BCUT2D eigenvalue weighted by Gasteiger charge is 2.38. The predicted molar refractivity (Wildman–Crippen MR) is 126 cm³/mol. The molecule has 1 N–H and O–H groups in total. The number of nitrogens with zero attached hydrogens (tertiary/aromatic N) is 2. The van der Waals surface area contributed by atoms with Crippen LogP contribution >= 0.6 is 0 Å². The van der Waals surface area contributed by atoms with Gasteiger partial charge in [-0.2, -0.15) is 0 Å². The lowest BCUT2D eigenvalue weighted by molar-refractivity contribution is -0.139. The molecule has 0 saturated heterocycles. The monoisotopic (exact) mass is 451 g/mol. The Hall–Kier alpha value is -3.68. The third kappa shape index (κ3) is 3.86. The van der Waals surface area contributed by atoms with Crippen molar-refractivity contribution in [1.82, 2.24) is 9.55 Å². The number of esters is 1. The Balaban J connectivity index is 2.07. The van der Waals surface area contributed by atoms with E-state index < -0.39 is 6.04 Å². The van der Waals surface area contributed by atoms with Crippen molar-refractivity contribution in [1.29, 1.82) is 0 Å². The molecule has 3 aromatic rings. The van der Waals surface area contributed by atoms with E-state index >= 15 is 0 Å². The second-order valence-corrected chi connectivity index (χ2v) is 7.63. The molecular formula is C25H29N3O5. The van der Waals surface area contributed by atoms with Gasteiger partial charge in [-0.05, 0) is 31.5 Å². The number of allylic oxidation sites excluding steroid dienone is 1. The molecule has 174 valence electrons. The smallest absolute Gasteiger partial charge is 0.338 e. The Morgan fingerprint density at radius 1 is 1.03 bits per heavy atom. The summed E-state index contributed by atoms with van der Waals surface area (Å²) in [6.45, 7) is 4.15. The molecule has 0 unspecified atom stereocenters. The minimum Gasteiger partial charge on any atom is -0.496 e. The van der Waals surface area contributed by atoms with Gasteiger partial charge >= 0.3 is 5.97 Å². The van der Waals surface area contributed by atoms with Gasteiger partial charge in [-0.1, -0.05) is 25.5 Å². The first-order valence-electron chi connectivity index (χ1n) is 11.0. The van der Waals surface area contributed by atoms with Gasteiger partial charge in [0.1, 0.15) is 5.75 Å². The Morgan fingerprint density at radius 2 is 1.73 bits per heavy atom. The van der Waals surface area contributed by atoms with E-state index in [2.05, 4.69) is 12.2 Å². The number of carbonyl (C=O) groups excluding carboxylic acids is 1. The van der Waals surface area contributed by atoms with E-state index in [1.165, 1.54) is 0 Å². The van der Waals surface area contributed by atoms with Crippen molar-refractivity contribution in [3.8, 4) is 17.2 Å². The molecular weight excluding hydrogens is 422 g/mol. The Kier molecular flexibility index (Phi) is 6.44. The van der Waals surface area contributed by atoms with Crippen LogP contribution in [0.3, 0.4) is 0 Å². The molecule has 2 heterocycles. The number of carbonyl (C=O) groups is 1. The summed E-state index contributed by atoms with van der Waals surface area (Å²) in [6, 6.07) is 10.9. The quantitative estimate of drug-likeness (QED) is 0.497. The summed E-state index contributed by atoms with van der Waals surface area (Å²) in [4.78, 5) is 18.2. The van der Waals surface area contributed by atoms with Crippen molar-refractivity contribution >= 4 is 23.0 Å². The van der Waals surface area contributed by atoms with Crippen molar-refractivity contribution in [2.24, 2.45) is 0 Å². The number of rotatable bonds is 8.